The van der Waals surface area contributed by atoms with Gasteiger partial charge in [-0.05, 0) is 6.42 Å². The first-order valence-electron chi connectivity index (χ1n) is 6.47. The van der Waals surface area contributed by atoms with Gasteiger partial charge in [-0.15, -0.1) is 0 Å². The van der Waals surface area contributed by atoms with E-state index in [1.54, 1.807) is 0 Å². The van der Waals surface area contributed by atoms with Gasteiger partial charge >= 0.3 is 0 Å². The molecule has 0 spiro atoms. The van der Waals surface area contributed by atoms with Crippen molar-refractivity contribution in [2.75, 3.05) is 13.2 Å². The monoisotopic (exact) mass is 214 g/mol. The molecule has 1 heterocycles. The second kappa shape index (κ2) is 7.24. The molecule has 0 unspecified atom stereocenters. The summed E-state index contributed by atoms with van der Waals surface area (Å²) in [5.74, 6) is 1.11. The lowest BCUT2D eigenvalue weighted by molar-refractivity contribution is -0.220. The van der Waals surface area contributed by atoms with Gasteiger partial charge in [-0.2, -0.15) is 0 Å². The molecule has 0 atom stereocenters. The number of hydrogen-bond acceptors (Lipinski definition) is 2. The zero-order valence-electron chi connectivity index (χ0n) is 10.5. The highest BCUT2D eigenvalue weighted by molar-refractivity contribution is 4.65. The summed E-state index contributed by atoms with van der Waals surface area (Å²) in [5.41, 5.74) is 0. The molecule has 15 heavy (non-hydrogen) atoms. The average molecular weight is 214 g/mol. The first kappa shape index (κ1) is 13.0. The fraction of sp³-hybridized carbons (Fsp3) is 1.00. The fourth-order valence-corrected chi connectivity index (χ4v) is 1.97. The third kappa shape index (κ3) is 4.98. The Morgan fingerprint density at radius 3 is 2.27 bits per heavy atom. The number of hydrogen-bond donors (Lipinski definition) is 0. The van der Waals surface area contributed by atoms with Crippen molar-refractivity contribution in [3.05, 3.63) is 0 Å². The molecule has 0 aromatic carbocycles. The highest BCUT2D eigenvalue weighted by Crippen LogP contribution is 2.21. The first-order chi connectivity index (χ1) is 7.24. The van der Waals surface area contributed by atoms with Crippen LogP contribution in [0.15, 0.2) is 0 Å². The lowest BCUT2D eigenvalue weighted by Crippen LogP contribution is -2.35. The van der Waals surface area contributed by atoms with Crippen molar-refractivity contribution in [3.8, 4) is 0 Å². The molecule has 0 aliphatic carbocycles. The topological polar surface area (TPSA) is 18.5 Å². The summed E-state index contributed by atoms with van der Waals surface area (Å²) in [7, 11) is 0. The van der Waals surface area contributed by atoms with Crippen LogP contribution < -0.4 is 0 Å². The molecule has 2 nitrogen and oxygen atoms in total. The molecule has 0 N–H and O–H groups in total. The van der Waals surface area contributed by atoms with Gasteiger partial charge in [0.1, 0.15) is 0 Å². The second-order valence-electron chi connectivity index (χ2n) is 4.99. The van der Waals surface area contributed by atoms with Crippen molar-refractivity contribution in [1.29, 1.82) is 0 Å². The Labute approximate surface area is 94.3 Å². The quantitative estimate of drug-likeness (QED) is 0.629. The fourth-order valence-electron chi connectivity index (χ4n) is 1.97. The molecule has 1 aliphatic heterocycles. The average Bonchev–Trinajstić information content (AvgIpc) is 2.25. The Hall–Kier alpha value is -0.0800. The van der Waals surface area contributed by atoms with E-state index in [1.165, 1.54) is 32.1 Å². The van der Waals surface area contributed by atoms with E-state index in [2.05, 4.69) is 20.8 Å². The summed E-state index contributed by atoms with van der Waals surface area (Å²) in [6.07, 6.45) is 6.68. The predicted molar refractivity (Wildman–Crippen MR) is 62.8 cm³/mol. The molecule has 1 rings (SSSR count). The van der Waals surface area contributed by atoms with Gasteiger partial charge in [0.2, 0.25) is 0 Å². The summed E-state index contributed by atoms with van der Waals surface area (Å²) < 4.78 is 11.4. The van der Waals surface area contributed by atoms with E-state index in [9.17, 15) is 0 Å². The van der Waals surface area contributed by atoms with Gasteiger partial charge in [-0.3, -0.25) is 0 Å². The molecule has 2 heteroatoms. The van der Waals surface area contributed by atoms with Crippen molar-refractivity contribution >= 4 is 0 Å². The van der Waals surface area contributed by atoms with Crippen LogP contribution in [0.4, 0.5) is 0 Å². The zero-order chi connectivity index (χ0) is 11.1. The molecule has 0 aromatic rings. The first-order valence-corrected chi connectivity index (χ1v) is 6.47. The van der Waals surface area contributed by atoms with Crippen LogP contribution in [0.25, 0.3) is 0 Å². The lowest BCUT2D eigenvalue weighted by atomic mass is 10.0. The third-order valence-electron chi connectivity index (χ3n) is 3.00. The molecule has 0 amide bonds. The van der Waals surface area contributed by atoms with Gasteiger partial charge < -0.3 is 9.47 Å². The van der Waals surface area contributed by atoms with Crippen LogP contribution in [0.5, 0.6) is 0 Å². The molecular weight excluding hydrogens is 188 g/mol. The molecule has 1 saturated heterocycles. The SMILES string of the molecule is CCCCCCC1COC(C(C)C)OC1. The maximum atomic E-state index is 5.69. The predicted octanol–water partition coefficient (Wildman–Crippen LogP) is 3.60. The Balaban J connectivity index is 2.04. The Morgan fingerprint density at radius 1 is 1.07 bits per heavy atom. The van der Waals surface area contributed by atoms with Gasteiger partial charge in [-0.1, -0.05) is 46.5 Å². The van der Waals surface area contributed by atoms with E-state index in [-0.39, 0.29) is 6.29 Å². The summed E-state index contributed by atoms with van der Waals surface area (Å²) in [4.78, 5) is 0. The van der Waals surface area contributed by atoms with Crippen molar-refractivity contribution in [2.45, 2.75) is 59.2 Å². The molecular formula is C13H26O2. The Kier molecular flexibility index (Phi) is 6.26. The van der Waals surface area contributed by atoms with E-state index in [1.807, 2.05) is 0 Å². The second-order valence-corrected chi connectivity index (χ2v) is 4.99. The van der Waals surface area contributed by atoms with Gasteiger partial charge in [0.25, 0.3) is 0 Å². The van der Waals surface area contributed by atoms with Crippen LogP contribution in [0, 0.1) is 11.8 Å². The van der Waals surface area contributed by atoms with Crippen molar-refractivity contribution < 1.29 is 9.47 Å². The number of ether oxygens (including phenoxy) is 2. The number of unbranched alkanes of at least 4 members (excludes halogenated alkanes) is 3. The van der Waals surface area contributed by atoms with Crippen LogP contribution in [0.2, 0.25) is 0 Å². The standard InChI is InChI=1S/C13H26O2/c1-4-5-6-7-8-12-9-14-13(11(2)3)15-10-12/h11-13H,4-10H2,1-3H3. The summed E-state index contributed by atoms with van der Waals surface area (Å²) in [5, 5.41) is 0. The normalized spacial score (nSPS) is 27.2. The van der Waals surface area contributed by atoms with Crippen molar-refractivity contribution in [2.24, 2.45) is 11.8 Å². The van der Waals surface area contributed by atoms with Crippen LogP contribution >= 0.6 is 0 Å². The third-order valence-corrected chi connectivity index (χ3v) is 3.00. The Bertz CT molecular complexity index is 149. The largest absolute Gasteiger partial charge is 0.352 e. The lowest BCUT2D eigenvalue weighted by Gasteiger charge is -2.31. The highest BCUT2D eigenvalue weighted by atomic mass is 16.7. The highest BCUT2D eigenvalue weighted by Gasteiger charge is 2.23. The minimum Gasteiger partial charge on any atom is -0.352 e. The van der Waals surface area contributed by atoms with Gasteiger partial charge in [0.15, 0.2) is 6.29 Å². The van der Waals surface area contributed by atoms with Gasteiger partial charge in [-0.25, -0.2) is 0 Å². The van der Waals surface area contributed by atoms with E-state index < -0.39 is 0 Å². The van der Waals surface area contributed by atoms with Crippen LogP contribution in [-0.4, -0.2) is 19.5 Å². The molecule has 0 saturated carbocycles. The van der Waals surface area contributed by atoms with Crippen molar-refractivity contribution in [3.63, 3.8) is 0 Å². The minimum absolute atomic E-state index is 0.0388. The van der Waals surface area contributed by atoms with Gasteiger partial charge in [0.05, 0.1) is 13.2 Å². The molecule has 90 valence electrons. The van der Waals surface area contributed by atoms with Gasteiger partial charge in [0, 0.05) is 11.8 Å². The summed E-state index contributed by atoms with van der Waals surface area (Å²) in [6.45, 7) is 8.34. The van der Waals surface area contributed by atoms with E-state index in [4.69, 9.17) is 9.47 Å². The molecule has 0 aromatic heterocycles. The molecule has 0 bridgehead atoms. The smallest absolute Gasteiger partial charge is 0.159 e. The van der Waals surface area contributed by atoms with E-state index >= 15 is 0 Å². The zero-order valence-corrected chi connectivity index (χ0v) is 10.5. The molecule has 0 radical (unpaired) electrons. The Morgan fingerprint density at radius 2 is 1.73 bits per heavy atom. The van der Waals surface area contributed by atoms with Crippen molar-refractivity contribution in [1.82, 2.24) is 0 Å². The maximum absolute atomic E-state index is 5.69. The van der Waals surface area contributed by atoms with E-state index in [0.29, 0.717) is 11.8 Å². The minimum atomic E-state index is 0.0388. The van der Waals surface area contributed by atoms with Crippen LogP contribution in [-0.2, 0) is 9.47 Å². The van der Waals surface area contributed by atoms with Crippen LogP contribution in [0.3, 0.4) is 0 Å². The number of rotatable bonds is 6. The summed E-state index contributed by atoms with van der Waals surface area (Å²) in [6, 6.07) is 0. The molecule has 1 aliphatic rings. The van der Waals surface area contributed by atoms with Crippen LogP contribution in [0.1, 0.15) is 52.9 Å². The summed E-state index contributed by atoms with van der Waals surface area (Å²) >= 11 is 0. The molecule has 1 fully saturated rings. The van der Waals surface area contributed by atoms with E-state index in [0.717, 1.165) is 13.2 Å². The maximum Gasteiger partial charge on any atom is 0.159 e.